The van der Waals surface area contributed by atoms with Gasteiger partial charge in [0.1, 0.15) is 11.9 Å². The molecule has 112 valence electrons. The van der Waals surface area contributed by atoms with Crippen LogP contribution in [0.15, 0.2) is 18.2 Å². The summed E-state index contributed by atoms with van der Waals surface area (Å²) in [7, 11) is 0. The Bertz CT molecular complexity index is 455. The minimum absolute atomic E-state index is 0.0602. The van der Waals surface area contributed by atoms with Gasteiger partial charge in [0.05, 0.1) is 6.61 Å². The molecule has 2 unspecified atom stereocenters. The summed E-state index contributed by atoms with van der Waals surface area (Å²) in [5, 5.41) is 12.9. The normalized spacial score (nSPS) is 25.9. The largest absolute Gasteiger partial charge is 0.490 e. The molecule has 0 amide bonds. The van der Waals surface area contributed by atoms with Crippen LogP contribution in [0.1, 0.15) is 32.6 Å². The van der Waals surface area contributed by atoms with E-state index in [9.17, 15) is 13.9 Å². The average molecular weight is 285 g/mol. The third kappa shape index (κ3) is 3.46. The summed E-state index contributed by atoms with van der Waals surface area (Å²) >= 11 is 0. The Morgan fingerprint density at radius 1 is 1.40 bits per heavy atom. The first-order valence-corrected chi connectivity index (χ1v) is 7.06. The van der Waals surface area contributed by atoms with Crippen molar-refractivity contribution in [2.75, 3.05) is 13.2 Å². The van der Waals surface area contributed by atoms with Crippen LogP contribution in [-0.2, 0) is 0 Å². The molecule has 0 heterocycles. The fraction of sp³-hybridized carbons (Fsp3) is 0.600. The van der Waals surface area contributed by atoms with E-state index in [1.54, 1.807) is 0 Å². The second-order valence-electron chi connectivity index (χ2n) is 5.42. The van der Waals surface area contributed by atoms with Gasteiger partial charge in [-0.2, -0.15) is 0 Å². The molecule has 1 saturated carbocycles. The molecule has 2 rings (SSSR count). The van der Waals surface area contributed by atoms with Gasteiger partial charge in [-0.3, -0.25) is 0 Å². The summed E-state index contributed by atoms with van der Waals surface area (Å²) in [4.78, 5) is 0. The number of benzene rings is 1. The summed E-state index contributed by atoms with van der Waals surface area (Å²) in [6.45, 7) is 2.98. The molecule has 2 atom stereocenters. The first-order chi connectivity index (χ1) is 9.58. The lowest BCUT2D eigenvalue weighted by Crippen LogP contribution is -2.47. The van der Waals surface area contributed by atoms with Crippen LogP contribution in [0.5, 0.6) is 5.75 Å². The minimum atomic E-state index is -0.905. The number of aliphatic hydroxyl groups excluding tert-OH is 1. The third-order valence-corrected chi connectivity index (χ3v) is 3.81. The van der Waals surface area contributed by atoms with Gasteiger partial charge in [0.2, 0.25) is 0 Å². The zero-order valence-electron chi connectivity index (χ0n) is 11.7. The van der Waals surface area contributed by atoms with E-state index >= 15 is 0 Å². The molecule has 2 N–H and O–H groups in total. The highest BCUT2D eigenvalue weighted by Gasteiger charge is 2.39. The molecule has 0 spiro atoms. The maximum absolute atomic E-state index is 13.1. The van der Waals surface area contributed by atoms with Crippen molar-refractivity contribution in [1.82, 2.24) is 5.32 Å². The Kier molecular flexibility index (Phi) is 4.94. The maximum atomic E-state index is 13.1. The number of halogens is 2. The summed E-state index contributed by atoms with van der Waals surface area (Å²) < 4.78 is 31.7. The summed E-state index contributed by atoms with van der Waals surface area (Å²) in [6.07, 6.45) is 3.18. The van der Waals surface area contributed by atoms with Gasteiger partial charge in [-0.1, -0.05) is 6.92 Å². The molecule has 0 aliphatic heterocycles. The number of hydrogen-bond donors (Lipinski definition) is 2. The fourth-order valence-electron chi connectivity index (χ4n) is 2.67. The predicted octanol–water partition coefficient (Wildman–Crippen LogP) is 2.63. The highest BCUT2D eigenvalue weighted by molar-refractivity contribution is 5.24. The van der Waals surface area contributed by atoms with Gasteiger partial charge in [0.25, 0.3) is 0 Å². The number of rotatable bonds is 6. The van der Waals surface area contributed by atoms with Gasteiger partial charge in [0.15, 0.2) is 11.6 Å². The molecule has 20 heavy (non-hydrogen) atoms. The van der Waals surface area contributed by atoms with E-state index in [2.05, 4.69) is 12.2 Å². The van der Waals surface area contributed by atoms with E-state index in [1.807, 2.05) is 0 Å². The average Bonchev–Trinajstić information content (AvgIpc) is 2.85. The van der Waals surface area contributed by atoms with Crippen LogP contribution < -0.4 is 10.1 Å². The smallest absolute Gasteiger partial charge is 0.162 e. The maximum Gasteiger partial charge on any atom is 0.162 e. The van der Waals surface area contributed by atoms with Gasteiger partial charge in [-0.05, 0) is 37.9 Å². The second kappa shape index (κ2) is 6.50. The minimum Gasteiger partial charge on any atom is -0.490 e. The van der Waals surface area contributed by atoms with Crippen LogP contribution >= 0.6 is 0 Å². The first-order valence-electron chi connectivity index (χ1n) is 7.06. The third-order valence-electron chi connectivity index (χ3n) is 3.81. The Morgan fingerprint density at radius 2 is 2.20 bits per heavy atom. The molecule has 0 saturated heterocycles. The van der Waals surface area contributed by atoms with Crippen LogP contribution in [0.2, 0.25) is 0 Å². The lowest BCUT2D eigenvalue weighted by molar-refractivity contribution is 0.140. The Balaban J connectivity index is 1.96. The molecule has 0 aromatic heterocycles. The molecule has 1 aromatic carbocycles. The Labute approximate surface area is 117 Å². The zero-order chi connectivity index (χ0) is 14.6. The molecule has 1 aliphatic rings. The molecule has 5 heteroatoms. The molecule has 3 nitrogen and oxygen atoms in total. The molecule has 1 aliphatic carbocycles. The highest BCUT2D eigenvalue weighted by Crippen LogP contribution is 2.32. The number of ether oxygens (including phenoxy) is 1. The highest BCUT2D eigenvalue weighted by atomic mass is 19.2. The van der Waals surface area contributed by atoms with Crippen LogP contribution in [0.25, 0.3) is 0 Å². The van der Waals surface area contributed by atoms with Crippen molar-refractivity contribution < 1.29 is 18.6 Å². The summed E-state index contributed by atoms with van der Waals surface area (Å²) in [5.41, 5.74) is -0.306. The molecular formula is C15H21F2NO2. The van der Waals surface area contributed by atoms with Crippen molar-refractivity contribution in [3.8, 4) is 5.75 Å². The van der Waals surface area contributed by atoms with Crippen molar-refractivity contribution in [2.45, 2.75) is 44.2 Å². The summed E-state index contributed by atoms with van der Waals surface area (Å²) in [5.74, 6) is -1.45. The monoisotopic (exact) mass is 285 g/mol. The molecule has 1 fully saturated rings. The fourth-order valence-corrected chi connectivity index (χ4v) is 2.67. The first kappa shape index (κ1) is 15.2. The van der Waals surface area contributed by atoms with Gasteiger partial charge < -0.3 is 15.2 Å². The lowest BCUT2D eigenvalue weighted by Gasteiger charge is -2.28. The van der Waals surface area contributed by atoms with Crippen molar-refractivity contribution in [1.29, 1.82) is 0 Å². The zero-order valence-corrected chi connectivity index (χ0v) is 11.7. The molecular weight excluding hydrogens is 264 g/mol. The number of nitrogens with one attached hydrogen (secondary N) is 1. The Morgan fingerprint density at radius 3 is 2.85 bits per heavy atom. The SMILES string of the molecule is CCCNC1(CO)CCC(Oc2ccc(F)c(F)c2)C1. The van der Waals surface area contributed by atoms with E-state index in [0.717, 1.165) is 37.9 Å². The number of hydrogen-bond acceptors (Lipinski definition) is 3. The van der Waals surface area contributed by atoms with Crippen LogP contribution in [0.4, 0.5) is 8.78 Å². The molecule has 0 bridgehead atoms. The topological polar surface area (TPSA) is 41.5 Å². The van der Waals surface area contributed by atoms with E-state index in [1.165, 1.54) is 6.07 Å². The van der Waals surface area contributed by atoms with E-state index in [0.29, 0.717) is 12.2 Å². The van der Waals surface area contributed by atoms with Crippen LogP contribution in [0, 0.1) is 11.6 Å². The van der Waals surface area contributed by atoms with Crippen LogP contribution in [0.3, 0.4) is 0 Å². The van der Waals surface area contributed by atoms with Gasteiger partial charge in [-0.15, -0.1) is 0 Å². The number of aliphatic hydroxyl groups is 1. The van der Waals surface area contributed by atoms with Gasteiger partial charge in [0, 0.05) is 18.0 Å². The standard InChI is InChI=1S/C15H21F2NO2/c1-2-7-18-15(10-19)6-5-12(9-15)20-11-3-4-13(16)14(17)8-11/h3-4,8,12,18-19H,2,5-7,9-10H2,1H3. The van der Waals surface area contributed by atoms with E-state index in [4.69, 9.17) is 4.74 Å². The predicted molar refractivity (Wildman–Crippen MR) is 72.7 cm³/mol. The second-order valence-corrected chi connectivity index (χ2v) is 5.42. The lowest BCUT2D eigenvalue weighted by atomic mass is 9.98. The van der Waals surface area contributed by atoms with Crippen molar-refractivity contribution >= 4 is 0 Å². The van der Waals surface area contributed by atoms with Crippen molar-refractivity contribution in [3.05, 3.63) is 29.8 Å². The van der Waals surface area contributed by atoms with Gasteiger partial charge >= 0.3 is 0 Å². The van der Waals surface area contributed by atoms with Crippen LogP contribution in [-0.4, -0.2) is 29.9 Å². The molecule has 0 radical (unpaired) electrons. The van der Waals surface area contributed by atoms with E-state index < -0.39 is 11.6 Å². The summed E-state index contributed by atoms with van der Waals surface area (Å²) in [6, 6.07) is 3.55. The van der Waals surface area contributed by atoms with E-state index in [-0.39, 0.29) is 18.2 Å². The Hall–Kier alpha value is -1.20. The molecule has 1 aromatic rings. The van der Waals surface area contributed by atoms with Gasteiger partial charge in [-0.25, -0.2) is 8.78 Å². The quantitative estimate of drug-likeness (QED) is 0.844. The van der Waals surface area contributed by atoms with Crippen molar-refractivity contribution in [2.24, 2.45) is 0 Å². The van der Waals surface area contributed by atoms with Crippen molar-refractivity contribution in [3.63, 3.8) is 0 Å².